The van der Waals surface area contributed by atoms with Crippen LogP contribution in [0.5, 0.6) is 5.75 Å². The van der Waals surface area contributed by atoms with E-state index in [1.54, 1.807) is 0 Å². The van der Waals surface area contributed by atoms with Crippen LogP contribution in [0.1, 0.15) is 40.5 Å². The number of rotatable bonds is 5. The number of nitrogens with zero attached hydrogens (tertiary/aromatic N) is 1. The zero-order valence-electron chi connectivity index (χ0n) is 17.0. The Morgan fingerprint density at radius 1 is 1.13 bits per heavy atom. The number of nitrogens with one attached hydrogen (secondary N) is 2. The molecule has 0 aliphatic carbocycles. The second-order valence-corrected chi connectivity index (χ2v) is 7.33. The Bertz CT molecular complexity index is 992. The molecule has 0 radical (unpaired) electrons. The highest BCUT2D eigenvalue weighted by Gasteiger charge is 2.29. The van der Waals surface area contributed by atoms with E-state index in [0.29, 0.717) is 32.0 Å². The number of hydrogen-bond acceptors (Lipinski definition) is 4. The highest BCUT2D eigenvalue weighted by molar-refractivity contribution is 6.05. The van der Waals surface area contributed by atoms with Crippen LogP contribution in [0.15, 0.2) is 36.4 Å². The van der Waals surface area contributed by atoms with E-state index in [1.165, 1.54) is 23.1 Å². The summed E-state index contributed by atoms with van der Waals surface area (Å²) in [6.07, 6.45) is 1.36. The van der Waals surface area contributed by atoms with Crippen LogP contribution in [0.3, 0.4) is 0 Å². The van der Waals surface area contributed by atoms with Gasteiger partial charge in [-0.05, 0) is 44.0 Å². The fraction of sp³-hybridized carbons (Fsp3) is 0.318. The Morgan fingerprint density at radius 3 is 2.48 bits per heavy atom. The summed E-state index contributed by atoms with van der Waals surface area (Å²) in [4.78, 5) is 38.7. The minimum atomic E-state index is -0.888. The number of phenolic OH excluding ortho intramolecular Hbond substituents is 1. The van der Waals surface area contributed by atoms with Crippen LogP contribution < -0.4 is 10.6 Å². The van der Waals surface area contributed by atoms with E-state index in [-0.39, 0.29) is 40.9 Å². The Labute approximate surface area is 178 Å². The maximum atomic E-state index is 13.3. The molecule has 3 rings (SSSR count). The lowest BCUT2D eigenvalue weighted by Crippen LogP contribution is -2.45. The summed E-state index contributed by atoms with van der Waals surface area (Å²) in [5.41, 5.74) is -0.0317. The molecule has 31 heavy (non-hydrogen) atoms. The number of benzene rings is 2. The first-order valence-electron chi connectivity index (χ1n) is 9.96. The average Bonchev–Trinajstić information content (AvgIpc) is 2.73. The minimum Gasteiger partial charge on any atom is -0.507 e. The number of amides is 3. The second-order valence-electron chi connectivity index (χ2n) is 7.33. The molecule has 1 saturated heterocycles. The summed E-state index contributed by atoms with van der Waals surface area (Å²) >= 11 is 0. The maximum absolute atomic E-state index is 13.3. The number of aromatic hydroxyl groups is 1. The monoisotopic (exact) mass is 431 g/mol. The average molecular weight is 431 g/mol. The Balaban J connectivity index is 1.70. The fourth-order valence-corrected chi connectivity index (χ4v) is 3.54. The van der Waals surface area contributed by atoms with Crippen molar-refractivity contribution in [2.24, 2.45) is 5.92 Å². The molecule has 164 valence electrons. The highest BCUT2D eigenvalue weighted by Crippen LogP contribution is 2.26. The molecule has 1 aliphatic heterocycles. The van der Waals surface area contributed by atoms with E-state index in [1.807, 2.05) is 6.92 Å². The van der Waals surface area contributed by atoms with Crippen LogP contribution in [0.4, 0.5) is 14.5 Å². The summed E-state index contributed by atoms with van der Waals surface area (Å²) in [6, 6.07) is 6.38. The molecule has 2 aromatic carbocycles. The Kier molecular flexibility index (Phi) is 6.84. The third kappa shape index (κ3) is 5.36. The van der Waals surface area contributed by atoms with Gasteiger partial charge < -0.3 is 20.6 Å². The molecule has 1 fully saturated rings. The normalized spacial score (nSPS) is 16.0. The lowest BCUT2D eigenvalue weighted by molar-refractivity contribution is -0.126. The van der Waals surface area contributed by atoms with Crippen LogP contribution in [0.25, 0.3) is 0 Å². The van der Waals surface area contributed by atoms with Crippen LogP contribution in [0, 0.1) is 17.6 Å². The van der Waals surface area contributed by atoms with Crippen molar-refractivity contribution >= 4 is 23.4 Å². The molecular formula is C22H23F2N3O4. The summed E-state index contributed by atoms with van der Waals surface area (Å²) in [5, 5.41) is 15.5. The standard InChI is InChI=1S/C22H23F2N3O4/c1-2-25-20(29)13-4-3-7-27(12-13)22(31)18-6-5-17(11-19(18)28)26-21(30)14-8-15(23)10-16(24)9-14/h5-6,8-11,13,28H,2-4,7,12H2,1H3,(H,25,29)(H,26,30). The van der Waals surface area contributed by atoms with E-state index in [2.05, 4.69) is 10.6 Å². The zero-order chi connectivity index (χ0) is 22.5. The second kappa shape index (κ2) is 9.55. The first-order chi connectivity index (χ1) is 14.8. The van der Waals surface area contributed by atoms with Gasteiger partial charge in [0.05, 0.1) is 11.5 Å². The Hall–Kier alpha value is -3.49. The predicted octanol–water partition coefficient (Wildman–Crippen LogP) is 2.91. The van der Waals surface area contributed by atoms with Gasteiger partial charge in [0.25, 0.3) is 11.8 Å². The van der Waals surface area contributed by atoms with E-state index in [4.69, 9.17) is 0 Å². The number of carbonyl (C=O) groups excluding carboxylic acids is 3. The van der Waals surface area contributed by atoms with Crippen LogP contribution in [-0.4, -0.2) is 47.4 Å². The van der Waals surface area contributed by atoms with Crippen molar-refractivity contribution in [2.45, 2.75) is 19.8 Å². The number of likely N-dealkylation sites (tertiary alicyclic amines) is 1. The largest absolute Gasteiger partial charge is 0.507 e. The van der Waals surface area contributed by atoms with Gasteiger partial charge in [-0.25, -0.2) is 8.78 Å². The van der Waals surface area contributed by atoms with Gasteiger partial charge in [-0.1, -0.05) is 0 Å². The van der Waals surface area contributed by atoms with Crippen LogP contribution >= 0.6 is 0 Å². The van der Waals surface area contributed by atoms with E-state index in [9.17, 15) is 28.3 Å². The van der Waals surface area contributed by atoms with Gasteiger partial charge in [0.2, 0.25) is 5.91 Å². The molecule has 0 bridgehead atoms. The number of piperidine rings is 1. The molecule has 0 aromatic heterocycles. The topological polar surface area (TPSA) is 98.7 Å². The number of anilines is 1. The first-order valence-corrected chi connectivity index (χ1v) is 9.96. The van der Waals surface area contributed by atoms with Gasteiger partial charge in [0, 0.05) is 43.0 Å². The minimum absolute atomic E-state index is 0.0337. The smallest absolute Gasteiger partial charge is 0.257 e. The van der Waals surface area contributed by atoms with E-state index < -0.39 is 23.4 Å². The van der Waals surface area contributed by atoms with Crippen molar-refractivity contribution in [3.63, 3.8) is 0 Å². The molecule has 0 saturated carbocycles. The summed E-state index contributed by atoms with van der Waals surface area (Å²) in [6.45, 7) is 3.07. The molecule has 3 amide bonds. The summed E-state index contributed by atoms with van der Waals surface area (Å²) < 4.78 is 26.6. The molecule has 1 aliphatic rings. The van der Waals surface area contributed by atoms with Crippen molar-refractivity contribution < 1.29 is 28.3 Å². The Morgan fingerprint density at radius 2 is 1.84 bits per heavy atom. The molecule has 1 heterocycles. The molecule has 0 spiro atoms. The number of halogens is 2. The molecule has 1 atom stereocenters. The van der Waals surface area contributed by atoms with Crippen LogP contribution in [-0.2, 0) is 4.79 Å². The van der Waals surface area contributed by atoms with Gasteiger partial charge in [0.15, 0.2) is 0 Å². The molecule has 1 unspecified atom stereocenters. The summed E-state index contributed by atoms with van der Waals surface area (Å²) in [7, 11) is 0. The van der Waals surface area contributed by atoms with Crippen molar-refractivity contribution in [1.29, 1.82) is 0 Å². The quantitative estimate of drug-likeness (QED) is 0.678. The lowest BCUT2D eigenvalue weighted by atomic mass is 9.96. The maximum Gasteiger partial charge on any atom is 0.257 e. The molecule has 3 N–H and O–H groups in total. The van der Waals surface area contributed by atoms with Crippen molar-refractivity contribution in [2.75, 3.05) is 25.0 Å². The molecular weight excluding hydrogens is 408 g/mol. The van der Waals surface area contributed by atoms with Crippen LogP contribution in [0.2, 0.25) is 0 Å². The lowest BCUT2D eigenvalue weighted by Gasteiger charge is -2.32. The van der Waals surface area contributed by atoms with E-state index >= 15 is 0 Å². The third-order valence-electron chi connectivity index (χ3n) is 5.04. The van der Waals surface area contributed by atoms with Gasteiger partial charge in [-0.3, -0.25) is 14.4 Å². The van der Waals surface area contributed by atoms with Gasteiger partial charge in [-0.15, -0.1) is 0 Å². The van der Waals surface area contributed by atoms with Crippen molar-refractivity contribution in [3.05, 3.63) is 59.2 Å². The fourth-order valence-electron chi connectivity index (χ4n) is 3.54. The summed E-state index contributed by atoms with van der Waals surface area (Å²) in [5.74, 6) is -3.72. The number of hydrogen-bond donors (Lipinski definition) is 3. The van der Waals surface area contributed by atoms with Gasteiger partial charge in [0.1, 0.15) is 17.4 Å². The SMILES string of the molecule is CCNC(=O)C1CCCN(C(=O)c2ccc(NC(=O)c3cc(F)cc(F)c3)cc2O)C1. The number of phenols is 1. The van der Waals surface area contributed by atoms with E-state index in [0.717, 1.165) is 12.1 Å². The van der Waals surface area contributed by atoms with Gasteiger partial charge in [-0.2, -0.15) is 0 Å². The highest BCUT2D eigenvalue weighted by atomic mass is 19.1. The van der Waals surface area contributed by atoms with Crippen molar-refractivity contribution in [1.82, 2.24) is 10.2 Å². The van der Waals surface area contributed by atoms with Gasteiger partial charge >= 0.3 is 0 Å². The number of carbonyl (C=O) groups is 3. The zero-order valence-corrected chi connectivity index (χ0v) is 17.0. The molecule has 7 nitrogen and oxygen atoms in total. The third-order valence-corrected chi connectivity index (χ3v) is 5.04. The molecule has 9 heteroatoms. The van der Waals surface area contributed by atoms with Crippen molar-refractivity contribution in [3.8, 4) is 5.75 Å². The first kappa shape index (κ1) is 22.2. The molecule has 2 aromatic rings. The predicted molar refractivity (Wildman–Crippen MR) is 110 cm³/mol.